The van der Waals surface area contributed by atoms with Crippen molar-refractivity contribution in [3.63, 3.8) is 0 Å². The molecular weight excluding hydrogens is 378 g/mol. The minimum absolute atomic E-state index is 0.00315. The molecule has 0 aliphatic carbocycles. The number of hydrogen-bond acceptors (Lipinski definition) is 5. The van der Waals surface area contributed by atoms with Gasteiger partial charge in [0, 0.05) is 39.3 Å². The maximum Gasteiger partial charge on any atom is 0.213 e. The molecule has 0 aromatic carbocycles. The number of nitrogens with one attached hydrogen (secondary N) is 2. The number of likely N-dealkylation sites (tertiary alicyclic amines) is 1. The number of sulfonamides is 1. The monoisotopic (exact) mass is 417 g/mol. The Morgan fingerprint density at radius 2 is 2.07 bits per heavy atom. The van der Waals surface area contributed by atoms with Crippen LogP contribution < -0.4 is 10.0 Å². The summed E-state index contributed by atoms with van der Waals surface area (Å²) in [4.78, 5) is 9.17. The van der Waals surface area contributed by atoms with Gasteiger partial charge in [-0.25, -0.2) is 13.1 Å². The Morgan fingerprint density at radius 1 is 1.25 bits per heavy atom. The van der Waals surface area contributed by atoms with E-state index in [9.17, 15) is 8.42 Å². The van der Waals surface area contributed by atoms with Gasteiger partial charge in [0.1, 0.15) is 0 Å². The first-order valence-corrected chi connectivity index (χ1v) is 12.4. The number of aliphatic imine (C=N–C) groups is 1. The third-order valence-corrected chi connectivity index (χ3v) is 6.84. The zero-order valence-corrected chi connectivity index (χ0v) is 18.6. The van der Waals surface area contributed by atoms with Gasteiger partial charge in [-0.3, -0.25) is 9.89 Å². The molecule has 2 fully saturated rings. The van der Waals surface area contributed by atoms with Crippen molar-refractivity contribution in [1.29, 1.82) is 0 Å². The molecule has 0 spiro atoms. The lowest BCUT2D eigenvalue weighted by Gasteiger charge is -2.29. The molecule has 2 heterocycles. The van der Waals surface area contributed by atoms with Crippen molar-refractivity contribution in [3.05, 3.63) is 0 Å². The van der Waals surface area contributed by atoms with Crippen molar-refractivity contribution in [2.45, 2.75) is 58.1 Å². The molecule has 0 aromatic rings. The van der Waals surface area contributed by atoms with Gasteiger partial charge in [-0.2, -0.15) is 0 Å². The summed E-state index contributed by atoms with van der Waals surface area (Å²) in [6.45, 7) is 9.46. The SMILES string of the molecule is CCNC(=NCCS(=O)(=O)NCC1CCCCO1)N(C)CC1CCCN1CC. The second-order valence-corrected chi connectivity index (χ2v) is 9.62. The molecule has 2 aliphatic rings. The Balaban J connectivity index is 1.81. The fourth-order valence-corrected chi connectivity index (χ4v) is 4.84. The topological polar surface area (TPSA) is 86.3 Å². The molecule has 2 unspecified atom stereocenters. The van der Waals surface area contributed by atoms with Crippen LogP contribution in [0.25, 0.3) is 0 Å². The van der Waals surface area contributed by atoms with Crippen molar-refractivity contribution in [2.24, 2.45) is 4.99 Å². The molecule has 8 nitrogen and oxygen atoms in total. The number of ether oxygens (including phenoxy) is 1. The van der Waals surface area contributed by atoms with Gasteiger partial charge < -0.3 is 15.0 Å². The molecule has 0 aromatic heterocycles. The third kappa shape index (κ3) is 7.85. The van der Waals surface area contributed by atoms with Crippen molar-refractivity contribution in [1.82, 2.24) is 19.8 Å². The summed E-state index contributed by atoms with van der Waals surface area (Å²) in [7, 11) is -1.32. The summed E-state index contributed by atoms with van der Waals surface area (Å²) in [6, 6.07) is 0.541. The number of nitrogens with zero attached hydrogens (tertiary/aromatic N) is 3. The van der Waals surface area contributed by atoms with Gasteiger partial charge in [-0.05, 0) is 52.1 Å². The largest absolute Gasteiger partial charge is 0.377 e. The zero-order chi connectivity index (χ0) is 20.4. The van der Waals surface area contributed by atoms with E-state index in [2.05, 4.69) is 31.8 Å². The molecular formula is C19H39N5O3S. The summed E-state index contributed by atoms with van der Waals surface area (Å²) in [6.07, 6.45) is 5.55. The molecule has 164 valence electrons. The predicted molar refractivity (Wildman–Crippen MR) is 114 cm³/mol. The lowest BCUT2D eigenvalue weighted by molar-refractivity contribution is 0.0200. The number of rotatable bonds is 10. The highest BCUT2D eigenvalue weighted by Crippen LogP contribution is 2.17. The normalized spacial score (nSPS) is 24.5. The van der Waals surface area contributed by atoms with Crippen LogP contribution in [0.1, 0.15) is 46.0 Å². The Kier molecular flexibility index (Phi) is 9.98. The molecule has 28 heavy (non-hydrogen) atoms. The van der Waals surface area contributed by atoms with Gasteiger partial charge in [-0.1, -0.05) is 6.92 Å². The molecule has 2 atom stereocenters. The fraction of sp³-hybridized carbons (Fsp3) is 0.947. The Hall–Kier alpha value is -0.900. The van der Waals surface area contributed by atoms with Gasteiger partial charge in [0.05, 0.1) is 18.4 Å². The first kappa shape index (κ1) is 23.4. The van der Waals surface area contributed by atoms with Gasteiger partial charge in [0.2, 0.25) is 10.0 Å². The van der Waals surface area contributed by atoms with Gasteiger partial charge in [-0.15, -0.1) is 0 Å². The third-order valence-electron chi connectivity index (χ3n) is 5.51. The van der Waals surface area contributed by atoms with Gasteiger partial charge in [0.15, 0.2) is 5.96 Å². The summed E-state index contributed by atoms with van der Waals surface area (Å²) in [5.41, 5.74) is 0. The predicted octanol–water partition coefficient (Wildman–Crippen LogP) is 0.857. The van der Waals surface area contributed by atoms with E-state index in [1.807, 2.05) is 14.0 Å². The maximum absolute atomic E-state index is 12.3. The average Bonchev–Trinajstić information content (AvgIpc) is 3.13. The van der Waals surface area contributed by atoms with E-state index in [-0.39, 0.29) is 18.4 Å². The summed E-state index contributed by atoms with van der Waals surface area (Å²) >= 11 is 0. The first-order valence-electron chi connectivity index (χ1n) is 10.8. The molecule has 0 bridgehead atoms. The molecule has 9 heteroatoms. The van der Waals surface area contributed by atoms with E-state index in [0.29, 0.717) is 12.6 Å². The van der Waals surface area contributed by atoms with Crippen LogP contribution in [0.5, 0.6) is 0 Å². The standard InChI is InChI=1S/C19H39N5O3S/c1-4-20-19(23(3)16-17-9-8-12-24(17)5-2)21-11-14-28(25,26)22-15-18-10-6-7-13-27-18/h17-18,22H,4-16H2,1-3H3,(H,20,21). The molecule has 0 radical (unpaired) electrons. The Morgan fingerprint density at radius 3 is 2.75 bits per heavy atom. The van der Waals surface area contributed by atoms with Crippen LogP contribution in [0.2, 0.25) is 0 Å². The minimum atomic E-state index is -3.34. The molecule has 0 saturated carbocycles. The summed E-state index contributed by atoms with van der Waals surface area (Å²) in [5, 5.41) is 3.28. The van der Waals surface area contributed by atoms with Crippen molar-refractivity contribution in [2.75, 3.05) is 58.7 Å². The van der Waals surface area contributed by atoms with E-state index >= 15 is 0 Å². The van der Waals surface area contributed by atoms with Crippen molar-refractivity contribution in [3.8, 4) is 0 Å². The fourth-order valence-electron chi connectivity index (χ4n) is 3.92. The zero-order valence-electron chi connectivity index (χ0n) is 17.8. The second kappa shape index (κ2) is 11.9. The maximum atomic E-state index is 12.3. The van der Waals surface area contributed by atoms with Crippen LogP contribution in [0.3, 0.4) is 0 Å². The molecule has 0 amide bonds. The van der Waals surface area contributed by atoms with Gasteiger partial charge in [0.25, 0.3) is 0 Å². The highest BCUT2D eigenvalue weighted by Gasteiger charge is 2.25. The molecule has 2 N–H and O–H groups in total. The number of guanidine groups is 1. The smallest absolute Gasteiger partial charge is 0.213 e. The van der Waals surface area contributed by atoms with E-state index in [0.717, 1.165) is 58.0 Å². The molecule has 2 rings (SSSR count). The van der Waals surface area contributed by atoms with E-state index < -0.39 is 10.0 Å². The molecule has 2 aliphatic heterocycles. The van der Waals surface area contributed by atoms with Crippen molar-refractivity contribution < 1.29 is 13.2 Å². The molecule has 2 saturated heterocycles. The first-order chi connectivity index (χ1) is 13.4. The average molecular weight is 418 g/mol. The van der Waals surface area contributed by atoms with Crippen LogP contribution in [-0.2, 0) is 14.8 Å². The van der Waals surface area contributed by atoms with Gasteiger partial charge >= 0.3 is 0 Å². The quantitative estimate of drug-likeness (QED) is 0.405. The minimum Gasteiger partial charge on any atom is -0.377 e. The lowest BCUT2D eigenvalue weighted by Crippen LogP contribution is -2.46. The highest BCUT2D eigenvalue weighted by molar-refractivity contribution is 7.89. The Labute approximate surface area is 171 Å². The van der Waals surface area contributed by atoms with Crippen LogP contribution in [0, 0.1) is 0 Å². The van der Waals surface area contributed by atoms with Crippen LogP contribution in [-0.4, -0.2) is 95.0 Å². The van der Waals surface area contributed by atoms with E-state index in [4.69, 9.17) is 4.74 Å². The van der Waals surface area contributed by atoms with E-state index in [1.54, 1.807) is 0 Å². The highest BCUT2D eigenvalue weighted by atomic mass is 32.2. The number of hydrogen-bond donors (Lipinski definition) is 2. The van der Waals surface area contributed by atoms with E-state index in [1.165, 1.54) is 12.8 Å². The number of likely N-dealkylation sites (N-methyl/N-ethyl adjacent to an activating group) is 2. The van der Waals surface area contributed by atoms with Crippen molar-refractivity contribution >= 4 is 16.0 Å². The Bertz CT molecular complexity index is 578. The van der Waals surface area contributed by atoms with Crippen LogP contribution in [0.4, 0.5) is 0 Å². The summed E-state index contributed by atoms with van der Waals surface area (Å²) in [5.74, 6) is 0.767. The van der Waals surface area contributed by atoms with Crippen LogP contribution >= 0.6 is 0 Å². The second-order valence-electron chi connectivity index (χ2n) is 7.70. The van der Waals surface area contributed by atoms with Crippen LogP contribution in [0.15, 0.2) is 4.99 Å². The lowest BCUT2D eigenvalue weighted by atomic mass is 10.1. The summed E-state index contributed by atoms with van der Waals surface area (Å²) < 4.78 is 32.8.